The van der Waals surface area contributed by atoms with E-state index in [1.54, 1.807) is 30.0 Å². The van der Waals surface area contributed by atoms with E-state index in [-0.39, 0.29) is 12.5 Å². The van der Waals surface area contributed by atoms with Crippen molar-refractivity contribution in [3.63, 3.8) is 0 Å². The zero-order chi connectivity index (χ0) is 14.9. The SMILES string of the molecule is CC1(OCC(=O)O)CN(C(=O)c2cc(Cl)ccc2Br)C1. The van der Waals surface area contributed by atoms with Crippen molar-refractivity contribution in [2.75, 3.05) is 19.7 Å². The highest BCUT2D eigenvalue weighted by Crippen LogP contribution is 2.29. The molecule has 20 heavy (non-hydrogen) atoms. The number of likely N-dealkylation sites (tertiary alicyclic amines) is 1. The third-order valence-corrected chi connectivity index (χ3v) is 3.97. The van der Waals surface area contributed by atoms with Crippen LogP contribution in [0.2, 0.25) is 5.02 Å². The van der Waals surface area contributed by atoms with E-state index in [0.717, 1.165) is 0 Å². The summed E-state index contributed by atoms with van der Waals surface area (Å²) in [5.41, 5.74) is -0.114. The lowest BCUT2D eigenvalue weighted by Crippen LogP contribution is -2.63. The lowest BCUT2D eigenvalue weighted by Gasteiger charge is -2.47. The summed E-state index contributed by atoms with van der Waals surface area (Å²) in [6.45, 7) is 2.14. The van der Waals surface area contributed by atoms with Crippen molar-refractivity contribution >= 4 is 39.4 Å². The smallest absolute Gasteiger partial charge is 0.329 e. The molecule has 1 saturated heterocycles. The summed E-state index contributed by atoms with van der Waals surface area (Å²) in [5.74, 6) is -1.18. The van der Waals surface area contributed by atoms with Crippen LogP contribution in [0.25, 0.3) is 0 Å². The lowest BCUT2D eigenvalue weighted by atomic mass is 9.95. The molecule has 1 aliphatic rings. The molecular weight excluding hydrogens is 350 g/mol. The maximum atomic E-state index is 12.3. The third kappa shape index (κ3) is 3.31. The lowest BCUT2D eigenvalue weighted by molar-refractivity contribution is -0.159. The first kappa shape index (κ1) is 15.3. The minimum atomic E-state index is -1.02. The molecule has 2 rings (SSSR count). The van der Waals surface area contributed by atoms with Crippen molar-refractivity contribution < 1.29 is 19.4 Å². The van der Waals surface area contributed by atoms with E-state index >= 15 is 0 Å². The number of ether oxygens (including phenoxy) is 1. The van der Waals surface area contributed by atoms with Gasteiger partial charge in [-0.2, -0.15) is 0 Å². The van der Waals surface area contributed by atoms with Crippen LogP contribution < -0.4 is 0 Å². The number of nitrogens with zero attached hydrogens (tertiary/aromatic N) is 1. The Morgan fingerprint density at radius 1 is 1.50 bits per heavy atom. The number of hydrogen-bond donors (Lipinski definition) is 1. The van der Waals surface area contributed by atoms with E-state index in [1.165, 1.54) is 0 Å². The number of hydrogen-bond acceptors (Lipinski definition) is 3. The van der Waals surface area contributed by atoms with E-state index in [4.69, 9.17) is 21.4 Å². The largest absolute Gasteiger partial charge is 0.480 e. The molecular formula is C13H13BrClNO4. The molecule has 0 aliphatic carbocycles. The van der Waals surface area contributed by atoms with Gasteiger partial charge in [0.05, 0.1) is 18.7 Å². The van der Waals surface area contributed by atoms with Crippen molar-refractivity contribution in [3.05, 3.63) is 33.3 Å². The maximum Gasteiger partial charge on any atom is 0.329 e. The van der Waals surface area contributed by atoms with E-state index in [1.807, 2.05) is 0 Å². The Morgan fingerprint density at radius 2 is 2.15 bits per heavy atom. The van der Waals surface area contributed by atoms with Crippen molar-refractivity contribution in [2.45, 2.75) is 12.5 Å². The van der Waals surface area contributed by atoms with Crippen molar-refractivity contribution in [3.8, 4) is 0 Å². The average Bonchev–Trinajstić information content (AvgIpc) is 2.35. The molecule has 1 aromatic rings. The summed E-state index contributed by atoms with van der Waals surface area (Å²) in [5, 5.41) is 9.08. The van der Waals surface area contributed by atoms with Crippen LogP contribution in [0.1, 0.15) is 17.3 Å². The van der Waals surface area contributed by atoms with Crippen LogP contribution in [0.3, 0.4) is 0 Å². The van der Waals surface area contributed by atoms with Crippen molar-refractivity contribution in [1.29, 1.82) is 0 Å². The molecule has 5 nitrogen and oxygen atoms in total. The minimum Gasteiger partial charge on any atom is -0.480 e. The Bertz CT molecular complexity index is 557. The van der Waals surface area contributed by atoms with Gasteiger partial charge in [0.15, 0.2) is 0 Å². The molecule has 1 aromatic carbocycles. The number of halogens is 2. The van der Waals surface area contributed by atoms with Gasteiger partial charge in [-0.25, -0.2) is 4.79 Å². The number of carbonyl (C=O) groups excluding carboxylic acids is 1. The first-order chi connectivity index (χ1) is 9.31. The second-order valence-electron chi connectivity index (χ2n) is 4.92. The highest BCUT2D eigenvalue weighted by Gasteiger charge is 2.43. The van der Waals surface area contributed by atoms with Gasteiger partial charge in [-0.15, -0.1) is 0 Å². The van der Waals surface area contributed by atoms with Gasteiger partial charge in [-0.3, -0.25) is 4.79 Å². The van der Waals surface area contributed by atoms with Gasteiger partial charge in [0.25, 0.3) is 5.91 Å². The van der Waals surface area contributed by atoms with E-state index in [2.05, 4.69) is 15.9 Å². The molecule has 108 valence electrons. The molecule has 0 atom stereocenters. The molecule has 7 heteroatoms. The summed E-state index contributed by atoms with van der Waals surface area (Å²) < 4.78 is 5.94. The summed E-state index contributed by atoms with van der Waals surface area (Å²) in [6, 6.07) is 5.01. The Labute approximate surface area is 129 Å². The monoisotopic (exact) mass is 361 g/mol. The fourth-order valence-corrected chi connectivity index (χ4v) is 2.65. The molecule has 1 fully saturated rings. The maximum absolute atomic E-state index is 12.3. The first-order valence-corrected chi connectivity index (χ1v) is 7.08. The van der Waals surface area contributed by atoms with Gasteiger partial charge >= 0.3 is 5.97 Å². The van der Waals surface area contributed by atoms with Crippen LogP contribution in [0.5, 0.6) is 0 Å². The Hall–Kier alpha value is -1.11. The predicted octanol–water partition coefficient (Wildman–Crippen LogP) is 2.42. The normalized spacial score (nSPS) is 16.6. The fourth-order valence-electron chi connectivity index (χ4n) is 2.06. The summed E-state index contributed by atoms with van der Waals surface area (Å²) >= 11 is 9.20. The molecule has 1 heterocycles. The quantitative estimate of drug-likeness (QED) is 0.893. The predicted molar refractivity (Wildman–Crippen MR) is 77.0 cm³/mol. The van der Waals surface area contributed by atoms with Crippen LogP contribution in [0.15, 0.2) is 22.7 Å². The molecule has 0 bridgehead atoms. The molecule has 0 spiro atoms. The minimum absolute atomic E-state index is 0.157. The molecule has 0 saturated carbocycles. The Morgan fingerprint density at radius 3 is 2.75 bits per heavy atom. The zero-order valence-corrected chi connectivity index (χ0v) is 13.1. The number of carbonyl (C=O) groups is 2. The zero-order valence-electron chi connectivity index (χ0n) is 10.7. The van der Waals surface area contributed by atoms with Gasteiger partial charge in [-0.1, -0.05) is 11.6 Å². The standard InChI is InChI=1S/C13H13BrClNO4/c1-13(20-5-11(17)18)6-16(7-13)12(19)9-4-8(15)2-3-10(9)14/h2-4H,5-7H2,1H3,(H,17,18). The van der Waals surface area contributed by atoms with Crippen molar-refractivity contribution in [2.24, 2.45) is 0 Å². The van der Waals surface area contributed by atoms with Crippen LogP contribution in [-0.4, -0.2) is 47.2 Å². The van der Waals surface area contributed by atoms with E-state index in [0.29, 0.717) is 28.1 Å². The summed E-state index contributed by atoms with van der Waals surface area (Å²) in [4.78, 5) is 24.4. The summed E-state index contributed by atoms with van der Waals surface area (Å²) in [6.07, 6.45) is 0. The van der Waals surface area contributed by atoms with Crippen LogP contribution in [0, 0.1) is 0 Å². The highest BCUT2D eigenvalue weighted by atomic mass is 79.9. The van der Waals surface area contributed by atoms with Gasteiger partial charge in [0.1, 0.15) is 12.2 Å². The van der Waals surface area contributed by atoms with Crippen LogP contribution in [-0.2, 0) is 9.53 Å². The summed E-state index contributed by atoms with van der Waals surface area (Å²) in [7, 11) is 0. The average molecular weight is 363 g/mol. The topological polar surface area (TPSA) is 66.8 Å². The number of carboxylic acids is 1. The second kappa shape index (κ2) is 5.71. The Kier molecular flexibility index (Phi) is 4.36. The molecule has 0 unspecified atom stereocenters. The van der Waals surface area contributed by atoms with E-state index < -0.39 is 11.6 Å². The van der Waals surface area contributed by atoms with Crippen LogP contribution in [0.4, 0.5) is 0 Å². The van der Waals surface area contributed by atoms with Gasteiger partial charge in [-0.05, 0) is 41.1 Å². The van der Waals surface area contributed by atoms with Gasteiger partial charge < -0.3 is 14.7 Å². The van der Waals surface area contributed by atoms with E-state index in [9.17, 15) is 9.59 Å². The molecule has 1 amide bonds. The molecule has 0 aromatic heterocycles. The van der Waals surface area contributed by atoms with Gasteiger partial charge in [0.2, 0.25) is 0 Å². The number of rotatable bonds is 4. The number of amides is 1. The van der Waals surface area contributed by atoms with Crippen molar-refractivity contribution in [1.82, 2.24) is 4.90 Å². The van der Waals surface area contributed by atoms with Crippen LogP contribution >= 0.6 is 27.5 Å². The number of benzene rings is 1. The Balaban J connectivity index is 2.00. The second-order valence-corrected chi connectivity index (χ2v) is 6.21. The molecule has 1 aliphatic heterocycles. The number of carboxylic acid groups (broad SMARTS) is 1. The highest BCUT2D eigenvalue weighted by molar-refractivity contribution is 9.10. The van der Waals surface area contributed by atoms with Gasteiger partial charge in [0, 0.05) is 9.50 Å². The molecule has 0 radical (unpaired) electrons. The fraction of sp³-hybridized carbons (Fsp3) is 0.385. The third-order valence-electron chi connectivity index (χ3n) is 3.04. The first-order valence-electron chi connectivity index (χ1n) is 5.91. The molecule has 1 N–H and O–H groups in total. The number of aliphatic carboxylic acids is 1.